The van der Waals surface area contributed by atoms with Crippen molar-refractivity contribution >= 4 is 17.7 Å². The maximum Gasteiger partial charge on any atom is 0.417 e. The highest BCUT2D eigenvalue weighted by Crippen LogP contribution is 2.38. The van der Waals surface area contributed by atoms with E-state index in [2.05, 4.69) is 4.18 Å². The largest absolute Gasteiger partial charge is 0.417 e. The van der Waals surface area contributed by atoms with E-state index in [1.807, 2.05) is 0 Å². The average molecular weight is 338 g/mol. The second-order valence-electron chi connectivity index (χ2n) is 3.50. The molecule has 0 aliphatic heterocycles. The van der Waals surface area contributed by atoms with Crippen molar-refractivity contribution in [3.05, 3.63) is 29.6 Å². The molecule has 0 aliphatic carbocycles. The first-order valence-electron chi connectivity index (χ1n) is 4.64. The summed E-state index contributed by atoms with van der Waals surface area (Å²) < 4.78 is 87.8. The van der Waals surface area contributed by atoms with Crippen LogP contribution in [0, 0.1) is 5.82 Å². The molecule has 0 heterocycles. The van der Waals surface area contributed by atoms with Gasteiger partial charge in [0.05, 0.1) is 5.56 Å². The Kier molecular flexibility index (Phi) is 4.62. The van der Waals surface area contributed by atoms with E-state index in [-0.39, 0.29) is 6.07 Å². The van der Waals surface area contributed by atoms with E-state index in [1.165, 1.54) is 0 Å². The van der Waals surface area contributed by atoms with Crippen LogP contribution < -0.4 is 0 Å². The summed E-state index contributed by atoms with van der Waals surface area (Å²) in [7, 11) is -10.0. The van der Waals surface area contributed by atoms with Crippen molar-refractivity contribution in [2.24, 2.45) is 0 Å². The van der Waals surface area contributed by atoms with Gasteiger partial charge in [-0.2, -0.15) is 21.6 Å². The number of rotatable bonds is 4. The predicted octanol–water partition coefficient (Wildman–Crippen LogP) is 1.68. The van der Waals surface area contributed by atoms with Crippen molar-refractivity contribution in [2.45, 2.75) is 11.1 Å². The lowest BCUT2D eigenvalue weighted by Gasteiger charge is -2.13. The molecule has 0 aromatic heterocycles. The van der Waals surface area contributed by atoms with Crippen LogP contribution in [-0.4, -0.2) is 24.6 Å². The Morgan fingerprint density at radius 3 is 2.25 bits per heavy atom. The molecule has 0 fully saturated rings. The Hall–Kier alpha value is -1.00. The van der Waals surface area contributed by atoms with Crippen LogP contribution in [0.15, 0.2) is 23.1 Å². The highest BCUT2D eigenvalue weighted by atomic mass is 32.2. The van der Waals surface area contributed by atoms with Crippen molar-refractivity contribution in [2.75, 3.05) is 6.35 Å². The van der Waals surface area contributed by atoms with Gasteiger partial charge in [0.25, 0.3) is 10.1 Å². The summed E-state index contributed by atoms with van der Waals surface area (Å²) in [6.07, 6.45) is -6.81. The molecular weight excluding hydrogens is 331 g/mol. The van der Waals surface area contributed by atoms with Gasteiger partial charge >= 0.3 is 13.8 Å². The molecule has 0 saturated heterocycles. The third-order valence-corrected chi connectivity index (χ3v) is 3.86. The summed E-state index contributed by atoms with van der Waals surface area (Å²) in [6.45, 7) is 0. The van der Waals surface area contributed by atoms with Crippen molar-refractivity contribution in [1.82, 2.24) is 0 Å². The fourth-order valence-electron chi connectivity index (χ4n) is 1.14. The van der Waals surface area contributed by atoms with Crippen molar-refractivity contribution in [1.29, 1.82) is 0 Å². The molecule has 1 aromatic carbocycles. The first-order valence-corrected chi connectivity index (χ1v) is 7.84. The molecule has 0 spiro atoms. The van der Waals surface area contributed by atoms with Crippen LogP contribution in [-0.2, 0) is 25.0 Å². The quantitative estimate of drug-likeness (QED) is 0.492. The fraction of sp³-hybridized carbons (Fsp3) is 0.250. The summed E-state index contributed by atoms with van der Waals surface area (Å²) >= 11 is 0. The van der Waals surface area contributed by atoms with Gasteiger partial charge in [0, 0.05) is 0 Å². The minimum Gasteiger partial charge on any atom is -0.323 e. The van der Waals surface area contributed by atoms with E-state index in [1.54, 1.807) is 0 Å². The smallest absolute Gasteiger partial charge is 0.323 e. The maximum atomic E-state index is 12.8. The summed E-state index contributed by atoms with van der Waals surface area (Å²) in [6, 6.07) is 0.684. The van der Waals surface area contributed by atoms with E-state index in [0.717, 1.165) is 0 Å². The molecule has 0 aliphatic rings. The topological polar surface area (TPSA) is 101 Å². The minimum absolute atomic E-state index is 0.0618. The minimum atomic E-state index is -5.18. The van der Waals surface area contributed by atoms with Crippen LogP contribution in [0.1, 0.15) is 5.56 Å². The maximum absolute atomic E-state index is 12.8. The van der Waals surface area contributed by atoms with Gasteiger partial charge in [-0.3, -0.25) is 8.75 Å². The highest BCUT2D eigenvalue weighted by Gasteiger charge is 2.38. The number of alkyl halides is 3. The molecule has 0 radical (unpaired) electrons. The van der Waals surface area contributed by atoms with E-state index >= 15 is 0 Å². The van der Waals surface area contributed by atoms with Crippen LogP contribution in [0.5, 0.6) is 0 Å². The van der Waals surface area contributed by atoms with Gasteiger partial charge in [0.1, 0.15) is 10.7 Å². The second kappa shape index (κ2) is 5.41. The van der Waals surface area contributed by atoms with Crippen LogP contribution in [0.2, 0.25) is 0 Å². The monoisotopic (exact) mass is 338 g/mol. The SMILES string of the molecule is O=P(O)(O)COS(=O)(=O)c1ccc(F)cc1C(F)(F)F. The molecule has 1 rings (SSSR count). The van der Waals surface area contributed by atoms with E-state index in [4.69, 9.17) is 9.79 Å². The molecule has 2 N–H and O–H groups in total. The molecule has 0 amide bonds. The molecule has 0 unspecified atom stereocenters. The zero-order chi connectivity index (χ0) is 15.8. The van der Waals surface area contributed by atoms with Gasteiger partial charge in [0.15, 0.2) is 6.35 Å². The first-order chi connectivity index (χ1) is 8.83. The molecule has 12 heteroatoms. The third kappa shape index (κ3) is 4.53. The van der Waals surface area contributed by atoms with Gasteiger partial charge in [-0.05, 0) is 18.2 Å². The lowest BCUT2D eigenvalue weighted by molar-refractivity contribution is -0.140. The number of benzene rings is 1. The van der Waals surface area contributed by atoms with Crippen molar-refractivity contribution in [3.63, 3.8) is 0 Å². The van der Waals surface area contributed by atoms with Crippen molar-refractivity contribution in [3.8, 4) is 0 Å². The second-order valence-corrected chi connectivity index (χ2v) is 6.68. The fourth-order valence-corrected chi connectivity index (χ4v) is 3.05. The average Bonchev–Trinajstić information content (AvgIpc) is 2.24. The third-order valence-electron chi connectivity index (χ3n) is 1.89. The van der Waals surface area contributed by atoms with Gasteiger partial charge in [-0.25, -0.2) is 4.39 Å². The molecular formula is C8H7F4O6PS. The van der Waals surface area contributed by atoms with Crippen molar-refractivity contribution < 1.29 is 44.5 Å². The molecule has 0 saturated carbocycles. The summed E-state index contributed by atoms with van der Waals surface area (Å²) in [4.78, 5) is 15.5. The van der Waals surface area contributed by atoms with Crippen LogP contribution in [0.4, 0.5) is 17.6 Å². The summed E-state index contributed by atoms with van der Waals surface area (Å²) in [5.41, 5.74) is -1.83. The summed E-state index contributed by atoms with van der Waals surface area (Å²) in [5, 5.41) is 0. The zero-order valence-electron chi connectivity index (χ0n) is 9.33. The van der Waals surface area contributed by atoms with Gasteiger partial charge in [-0.15, -0.1) is 0 Å². The molecule has 20 heavy (non-hydrogen) atoms. The highest BCUT2D eigenvalue weighted by molar-refractivity contribution is 7.87. The number of hydrogen-bond donors (Lipinski definition) is 2. The van der Waals surface area contributed by atoms with Crippen LogP contribution >= 0.6 is 7.60 Å². The van der Waals surface area contributed by atoms with Gasteiger partial charge < -0.3 is 9.79 Å². The molecule has 6 nitrogen and oxygen atoms in total. The first kappa shape index (κ1) is 17.1. The van der Waals surface area contributed by atoms with Crippen LogP contribution in [0.25, 0.3) is 0 Å². The van der Waals surface area contributed by atoms with Crippen LogP contribution in [0.3, 0.4) is 0 Å². The Balaban J connectivity index is 3.29. The molecule has 0 bridgehead atoms. The molecule has 114 valence electrons. The van der Waals surface area contributed by atoms with E-state index < -0.39 is 46.5 Å². The zero-order valence-corrected chi connectivity index (χ0v) is 11.0. The lowest BCUT2D eigenvalue weighted by Crippen LogP contribution is -2.16. The Morgan fingerprint density at radius 1 is 1.25 bits per heavy atom. The number of hydrogen-bond acceptors (Lipinski definition) is 4. The Labute approximate surface area is 110 Å². The Bertz CT molecular complexity index is 649. The molecule has 1 aromatic rings. The Morgan fingerprint density at radius 2 is 1.80 bits per heavy atom. The lowest BCUT2D eigenvalue weighted by atomic mass is 10.2. The normalized spacial score (nSPS) is 13.5. The van der Waals surface area contributed by atoms with E-state index in [0.29, 0.717) is 12.1 Å². The predicted molar refractivity (Wildman–Crippen MR) is 56.6 cm³/mol. The molecule has 0 atom stereocenters. The standard InChI is InChI=1S/C8H7F4O6PS/c9-5-1-2-7(6(3-5)8(10,11)12)20(16,17)18-4-19(13,14)15/h1-3H,4H2,(H2,13,14,15). The number of halogens is 4. The van der Waals surface area contributed by atoms with E-state index in [9.17, 15) is 30.5 Å². The summed E-state index contributed by atoms with van der Waals surface area (Å²) in [5.74, 6) is -1.33. The van der Waals surface area contributed by atoms with Gasteiger partial charge in [0.2, 0.25) is 0 Å². The van der Waals surface area contributed by atoms with Gasteiger partial charge in [-0.1, -0.05) is 0 Å².